The molecule has 0 amide bonds. The molecule has 0 aliphatic heterocycles. The molecule has 0 bridgehead atoms. The zero-order valence-corrected chi connectivity index (χ0v) is 10.0. The SMILES string of the molecule is C/C=N/N=C/C(CCC)C(CC)CC. The molecule has 14 heavy (non-hydrogen) atoms. The van der Waals surface area contributed by atoms with Gasteiger partial charge in [0.25, 0.3) is 0 Å². The molecule has 0 aliphatic carbocycles. The third kappa shape index (κ3) is 5.15. The molecule has 0 aromatic rings. The normalized spacial score (nSPS) is 14.6. The Hall–Kier alpha value is -0.660. The van der Waals surface area contributed by atoms with Crippen molar-refractivity contribution in [1.82, 2.24) is 0 Å². The summed E-state index contributed by atoms with van der Waals surface area (Å²) >= 11 is 0. The van der Waals surface area contributed by atoms with Crippen LogP contribution in [0.3, 0.4) is 0 Å². The van der Waals surface area contributed by atoms with Crippen molar-refractivity contribution in [3.05, 3.63) is 0 Å². The van der Waals surface area contributed by atoms with Crippen LogP contribution in [0.1, 0.15) is 53.4 Å². The third-order valence-corrected chi connectivity index (χ3v) is 2.72. The van der Waals surface area contributed by atoms with Crippen molar-refractivity contribution >= 4 is 12.4 Å². The minimum atomic E-state index is 0.610. The second-order valence-electron chi connectivity index (χ2n) is 3.67. The highest BCUT2D eigenvalue weighted by molar-refractivity contribution is 5.62. The first kappa shape index (κ1) is 13.3. The molecule has 0 saturated heterocycles. The molecule has 0 aliphatic rings. The van der Waals surface area contributed by atoms with Crippen molar-refractivity contribution in [3.8, 4) is 0 Å². The summed E-state index contributed by atoms with van der Waals surface area (Å²) in [4.78, 5) is 0. The molecule has 0 heterocycles. The van der Waals surface area contributed by atoms with E-state index in [1.807, 2.05) is 13.1 Å². The number of hydrogen-bond acceptors (Lipinski definition) is 2. The summed E-state index contributed by atoms with van der Waals surface area (Å²) in [7, 11) is 0. The maximum Gasteiger partial charge on any atom is 0.0303 e. The number of nitrogens with zero attached hydrogens (tertiary/aromatic N) is 2. The lowest BCUT2D eigenvalue weighted by molar-refractivity contribution is 0.375. The van der Waals surface area contributed by atoms with Crippen molar-refractivity contribution in [1.29, 1.82) is 0 Å². The van der Waals surface area contributed by atoms with Gasteiger partial charge in [0.2, 0.25) is 0 Å². The van der Waals surface area contributed by atoms with E-state index in [0.29, 0.717) is 5.92 Å². The van der Waals surface area contributed by atoms with Crippen LogP contribution in [0.2, 0.25) is 0 Å². The molecule has 2 heteroatoms. The van der Waals surface area contributed by atoms with E-state index in [2.05, 4.69) is 31.0 Å². The number of hydrogen-bond donors (Lipinski definition) is 0. The van der Waals surface area contributed by atoms with Gasteiger partial charge in [-0.15, -0.1) is 0 Å². The van der Waals surface area contributed by atoms with Crippen LogP contribution in [0.4, 0.5) is 0 Å². The largest absolute Gasteiger partial charge is 0.164 e. The molecule has 0 fully saturated rings. The van der Waals surface area contributed by atoms with Crippen LogP contribution in [0.25, 0.3) is 0 Å². The van der Waals surface area contributed by atoms with Gasteiger partial charge in [-0.2, -0.15) is 10.2 Å². The van der Waals surface area contributed by atoms with Crippen LogP contribution in [-0.4, -0.2) is 12.4 Å². The maximum absolute atomic E-state index is 4.07. The second-order valence-corrected chi connectivity index (χ2v) is 3.67. The van der Waals surface area contributed by atoms with Crippen LogP contribution >= 0.6 is 0 Å². The van der Waals surface area contributed by atoms with Gasteiger partial charge in [0, 0.05) is 12.4 Å². The lowest BCUT2D eigenvalue weighted by atomic mass is 9.86. The lowest BCUT2D eigenvalue weighted by Gasteiger charge is -2.20. The molecule has 0 N–H and O–H groups in total. The van der Waals surface area contributed by atoms with Crippen molar-refractivity contribution in [2.45, 2.75) is 53.4 Å². The first-order valence-corrected chi connectivity index (χ1v) is 5.81. The lowest BCUT2D eigenvalue weighted by Crippen LogP contribution is -2.14. The maximum atomic E-state index is 4.07. The summed E-state index contributed by atoms with van der Waals surface area (Å²) in [6, 6.07) is 0. The Morgan fingerprint density at radius 1 is 1.07 bits per heavy atom. The van der Waals surface area contributed by atoms with Crippen molar-refractivity contribution in [2.24, 2.45) is 22.0 Å². The topological polar surface area (TPSA) is 24.7 Å². The van der Waals surface area contributed by atoms with E-state index in [1.165, 1.54) is 25.7 Å². The molecule has 0 rings (SSSR count). The molecule has 1 atom stereocenters. The average Bonchev–Trinajstić information content (AvgIpc) is 2.20. The van der Waals surface area contributed by atoms with E-state index >= 15 is 0 Å². The first-order valence-electron chi connectivity index (χ1n) is 5.81. The van der Waals surface area contributed by atoms with Gasteiger partial charge in [-0.05, 0) is 25.2 Å². The zero-order chi connectivity index (χ0) is 10.8. The molecule has 1 unspecified atom stereocenters. The van der Waals surface area contributed by atoms with E-state index in [0.717, 1.165) is 5.92 Å². The van der Waals surface area contributed by atoms with Gasteiger partial charge in [0.15, 0.2) is 0 Å². The van der Waals surface area contributed by atoms with Crippen LogP contribution < -0.4 is 0 Å². The van der Waals surface area contributed by atoms with Gasteiger partial charge in [0.1, 0.15) is 0 Å². The Labute approximate surface area is 88.5 Å². The summed E-state index contributed by atoms with van der Waals surface area (Å²) in [6.45, 7) is 8.64. The highest BCUT2D eigenvalue weighted by Crippen LogP contribution is 2.22. The van der Waals surface area contributed by atoms with E-state index in [-0.39, 0.29) is 0 Å². The second kappa shape index (κ2) is 8.92. The predicted octanol–water partition coefficient (Wildman–Crippen LogP) is 3.92. The molecule has 0 spiro atoms. The molecule has 0 aromatic heterocycles. The van der Waals surface area contributed by atoms with Gasteiger partial charge in [0.05, 0.1) is 0 Å². The molecule has 0 saturated carbocycles. The van der Waals surface area contributed by atoms with E-state index in [9.17, 15) is 0 Å². The summed E-state index contributed by atoms with van der Waals surface area (Å²) < 4.78 is 0. The van der Waals surface area contributed by atoms with Crippen LogP contribution in [0.5, 0.6) is 0 Å². The minimum Gasteiger partial charge on any atom is -0.164 e. The Morgan fingerprint density at radius 3 is 2.14 bits per heavy atom. The van der Waals surface area contributed by atoms with E-state index < -0.39 is 0 Å². The standard InChI is InChI=1S/C12H24N2/c1-5-9-12(10-14-13-8-4)11(6-2)7-3/h8,10-12H,5-7,9H2,1-4H3/b13-8+,14-10+. The zero-order valence-electron chi connectivity index (χ0n) is 10.0. The Morgan fingerprint density at radius 2 is 1.71 bits per heavy atom. The Balaban J connectivity index is 4.24. The molecule has 82 valence electrons. The van der Waals surface area contributed by atoms with Gasteiger partial charge in [-0.3, -0.25) is 0 Å². The van der Waals surface area contributed by atoms with Gasteiger partial charge < -0.3 is 0 Å². The van der Waals surface area contributed by atoms with E-state index in [4.69, 9.17) is 0 Å². The highest BCUT2D eigenvalue weighted by Gasteiger charge is 2.15. The third-order valence-electron chi connectivity index (χ3n) is 2.72. The fourth-order valence-corrected chi connectivity index (χ4v) is 1.85. The Kier molecular flexibility index (Phi) is 8.50. The van der Waals surface area contributed by atoms with Crippen LogP contribution in [0, 0.1) is 11.8 Å². The van der Waals surface area contributed by atoms with Gasteiger partial charge >= 0.3 is 0 Å². The monoisotopic (exact) mass is 196 g/mol. The van der Waals surface area contributed by atoms with E-state index in [1.54, 1.807) is 6.21 Å². The Bertz CT molecular complexity index is 169. The van der Waals surface area contributed by atoms with Crippen molar-refractivity contribution in [3.63, 3.8) is 0 Å². The summed E-state index contributed by atoms with van der Waals surface area (Å²) in [5.41, 5.74) is 0. The summed E-state index contributed by atoms with van der Waals surface area (Å²) in [5.74, 6) is 1.38. The molecular weight excluding hydrogens is 172 g/mol. The van der Waals surface area contributed by atoms with Crippen LogP contribution in [-0.2, 0) is 0 Å². The summed E-state index contributed by atoms with van der Waals surface area (Å²) in [5, 5.41) is 7.96. The van der Waals surface area contributed by atoms with Crippen molar-refractivity contribution < 1.29 is 0 Å². The first-order chi connectivity index (χ1) is 6.79. The smallest absolute Gasteiger partial charge is 0.0303 e. The quantitative estimate of drug-likeness (QED) is 0.435. The number of rotatable bonds is 7. The molecule has 0 radical (unpaired) electrons. The fraction of sp³-hybridized carbons (Fsp3) is 0.833. The summed E-state index contributed by atoms with van der Waals surface area (Å²) in [6.07, 6.45) is 8.69. The predicted molar refractivity (Wildman–Crippen MR) is 65.1 cm³/mol. The minimum absolute atomic E-state index is 0.610. The molecule has 2 nitrogen and oxygen atoms in total. The van der Waals surface area contributed by atoms with Crippen LogP contribution in [0.15, 0.2) is 10.2 Å². The fourth-order valence-electron chi connectivity index (χ4n) is 1.85. The average molecular weight is 196 g/mol. The van der Waals surface area contributed by atoms with Gasteiger partial charge in [-0.1, -0.05) is 40.0 Å². The molecule has 0 aromatic carbocycles. The van der Waals surface area contributed by atoms with Crippen molar-refractivity contribution in [2.75, 3.05) is 0 Å². The van der Waals surface area contributed by atoms with Gasteiger partial charge in [-0.25, -0.2) is 0 Å². The highest BCUT2D eigenvalue weighted by atomic mass is 15.2. The molecular formula is C12H24N2.